The lowest BCUT2D eigenvalue weighted by molar-refractivity contribution is 0.857. The van der Waals surface area contributed by atoms with E-state index in [1.807, 2.05) is 36.7 Å². The van der Waals surface area contributed by atoms with Gasteiger partial charge in [0, 0.05) is 18.3 Å². The summed E-state index contributed by atoms with van der Waals surface area (Å²) >= 11 is 0. The summed E-state index contributed by atoms with van der Waals surface area (Å²) in [4.78, 5) is 13.6. The molecule has 0 bridgehead atoms. The minimum absolute atomic E-state index is 0.0342. The van der Waals surface area contributed by atoms with Crippen LogP contribution in [0.3, 0.4) is 0 Å². The largest absolute Gasteiger partial charge is 0.357 e. The van der Waals surface area contributed by atoms with E-state index in [2.05, 4.69) is 46.5 Å². The normalized spacial score (nSPS) is 15.0. The third kappa shape index (κ3) is 3.27. The third-order valence-electron chi connectivity index (χ3n) is 4.27. The molecule has 1 aliphatic carbocycles. The van der Waals surface area contributed by atoms with Crippen LogP contribution in [-0.2, 0) is 0 Å². The summed E-state index contributed by atoms with van der Waals surface area (Å²) in [6, 6.07) is 16.4. The Labute approximate surface area is 142 Å². The fourth-order valence-corrected chi connectivity index (χ4v) is 2.86. The second-order valence-corrected chi connectivity index (χ2v) is 6.32. The van der Waals surface area contributed by atoms with E-state index in [-0.39, 0.29) is 6.04 Å². The highest BCUT2D eigenvalue weighted by molar-refractivity contribution is 5.43. The van der Waals surface area contributed by atoms with E-state index in [0.717, 1.165) is 17.3 Å². The summed E-state index contributed by atoms with van der Waals surface area (Å²) in [7, 11) is 0. The summed E-state index contributed by atoms with van der Waals surface area (Å²) in [6.07, 6.45) is 6.07. The summed E-state index contributed by atoms with van der Waals surface area (Å²) in [5, 5.41) is 3.55. The van der Waals surface area contributed by atoms with Crippen molar-refractivity contribution in [3.63, 3.8) is 0 Å². The van der Waals surface area contributed by atoms with Gasteiger partial charge in [0.15, 0.2) is 0 Å². The second-order valence-electron chi connectivity index (χ2n) is 6.32. The number of hydrogen-bond donors (Lipinski definition) is 1. The Morgan fingerprint density at radius 1 is 1.00 bits per heavy atom. The minimum atomic E-state index is -0.0342. The average molecular weight is 316 g/mol. The molecule has 1 unspecified atom stereocenters. The Bertz CT molecular complexity index is 828. The molecule has 1 atom stereocenters. The molecule has 0 aliphatic heterocycles. The molecular formula is C20H20N4. The number of aryl methyl sites for hydroxylation is 1. The van der Waals surface area contributed by atoms with Crippen LogP contribution in [-0.4, -0.2) is 15.0 Å². The van der Waals surface area contributed by atoms with Crippen LogP contribution >= 0.6 is 0 Å². The van der Waals surface area contributed by atoms with E-state index in [1.165, 1.54) is 24.0 Å². The van der Waals surface area contributed by atoms with Crippen molar-refractivity contribution >= 4 is 5.82 Å². The van der Waals surface area contributed by atoms with Gasteiger partial charge in [-0.05, 0) is 43.5 Å². The Kier molecular flexibility index (Phi) is 3.95. The zero-order valence-electron chi connectivity index (χ0n) is 13.7. The molecule has 1 fully saturated rings. The molecule has 0 amide bonds. The van der Waals surface area contributed by atoms with Crippen molar-refractivity contribution in [2.24, 2.45) is 0 Å². The predicted molar refractivity (Wildman–Crippen MR) is 94.9 cm³/mol. The van der Waals surface area contributed by atoms with Crippen LogP contribution in [0.1, 0.15) is 47.4 Å². The SMILES string of the molecule is Cc1cccc(C(Nc2ccnc(C3CC3)n2)c2ccccn2)c1. The zero-order valence-corrected chi connectivity index (χ0v) is 13.7. The number of pyridine rings is 1. The van der Waals surface area contributed by atoms with Crippen LogP contribution in [0.2, 0.25) is 0 Å². The molecule has 0 spiro atoms. The zero-order chi connectivity index (χ0) is 16.4. The van der Waals surface area contributed by atoms with Crippen LogP contribution in [0.25, 0.3) is 0 Å². The van der Waals surface area contributed by atoms with Crippen molar-refractivity contribution in [3.8, 4) is 0 Å². The summed E-state index contributed by atoms with van der Waals surface area (Å²) in [5.41, 5.74) is 3.39. The third-order valence-corrected chi connectivity index (χ3v) is 4.27. The smallest absolute Gasteiger partial charge is 0.133 e. The van der Waals surface area contributed by atoms with Crippen LogP contribution in [0, 0.1) is 6.92 Å². The highest BCUT2D eigenvalue weighted by atomic mass is 15.1. The first-order chi connectivity index (χ1) is 11.8. The molecule has 4 nitrogen and oxygen atoms in total. The molecule has 1 saturated carbocycles. The van der Waals surface area contributed by atoms with E-state index in [4.69, 9.17) is 4.98 Å². The predicted octanol–water partition coefficient (Wildman–Crippen LogP) is 4.26. The quantitative estimate of drug-likeness (QED) is 0.764. The maximum Gasteiger partial charge on any atom is 0.133 e. The average Bonchev–Trinajstić information content (AvgIpc) is 3.46. The summed E-state index contributed by atoms with van der Waals surface area (Å²) in [6.45, 7) is 2.11. The second kappa shape index (κ2) is 6.40. The van der Waals surface area contributed by atoms with Gasteiger partial charge < -0.3 is 5.32 Å². The molecule has 2 aromatic heterocycles. The van der Waals surface area contributed by atoms with Crippen LogP contribution in [0.4, 0.5) is 5.82 Å². The molecule has 1 aliphatic rings. The lowest BCUT2D eigenvalue weighted by atomic mass is 10.0. The summed E-state index contributed by atoms with van der Waals surface area (Å²) < 4.78 is 0. The number of benzene rings is 1. The monoisotopic (exact) mass is 316 g/mol. The maximum absolute atomic E-state index is 4.70. The number of nitrogens with one attached hydrogen (secondary N) is 1. The van der Waals surface area contributed by atoms with Gasteiger partial charge in [-0.1, -0.05) is 35.9 Å². The molecule has 0 radical (unpaired) electrons. The minimum Gasteiger partial charge on any atom is -0.357 e. The van der Waals surface area contributed by atoms with Gasteiger partial charge in [-0.2, -0.15) is 0 Å². The van der Waals surface area contributed by atoms with Crippen LogP contribution in [0.5, 0.6) is 0 Å². The highest BCUT2D eigenvalue weighted by Crippen LogP contribution is 2.38. The number of hydrogen-bond acceptors (Lipinski definition) is 4. The molecule has 24 heavy (non-hydrogen) atoms. The maximum atomic E-state index is 4.70. The van der Waals surface area contributed by atoms with Crippen molar-refractivity contribution < 1.29 is 0 Å². The lowest BCUT2D eigenvalue weighted by Crippen LogP contribution is -2.15. The Hall–Kier alpha value is -2.75. The fraction of sp³-hybridized carbons (Fsp3) is 0.250. The molecule has 120 valence electrons. The first-order valence-corrected chi connectivity index (χ1v) is 8.36. The van der Waals surface area contributed by atoms with Crippen molar-refractivity contribution in [1.82, 2.24) is 15.0 Å². The van der Waals surface area contributed by atoms with Crippen LogP contribution < -0.4 is 5.32 Å². The van der Waals surface area contributed by atoms with Gasteiger partial charge in [-0.15, -0.1) is 0 Å². The molecule has 2 heterocycles. The van der Waals surface area contributed by atoms with Crippen molar-refractivity contribution in [3.05, 3.63) is 83.6 Å². The molecule has 0 saturated heterocycles. The van der Waals surface area contributed by atoms with Crippen LogP contribution in [0.15, 0.2) is 60.9 Å². The van der Waals surface area contributed by atoms with E-state index < -0.39 is 0 Å². The molecule has 4 rings (SSSR count). The molecule has 1 aromatic carbocycles. The Morgan fingerprint density at radius 2 is 1.92 bits per heavy atom. The van der Waals surface area contributed by atoms with Gasteiger partial charge in [0.25, 0.3) is 0 Å². The first-order valence-electron chi connectivity index (χ1n) is 8.36. The van der Waals surface area contributed by atoms with Gasteiger partial charge in [-0.25, -0.2) is 9.97 Å². The van der Waals surface area contributed by atoms with E-state index in [1.54, 1.807) is 0 Å². The van der Waals surface area contributed by atoms with Crippen molar-refractivity contribution in [2.75, 3.05) is 5.32 Å². The standard InChI is InChI=1S/C20H20N4/c1-14-5-4-6-16(13-14)19(17-7-2-3-11-21-17)23-18-10-12-22-20(24-18)15-8-9-15/h2-7,10-13,15,19H,8-9H2,1H3,(H,22,23,24). The van der Waals surface area contributed by atoms with E-state index in [0.29, 0.717) is 5.92 Å². The first kappa shape index (κ1) is 14.8. The Morgan fingerprint density at radius 3 is 2.67 bits per heavy atom. The number of rotatable bonds is 5. The van der Waals surface area contributed by atoms with Crippen molar-refractivity contribution in [2.45, 2.75) is 31.7 Å². The van der Waals surface area contributed by atoms with Gasteiger partial charge >= 0.3 is 0 Å². The lowest BCUT2D eigenvalue weighted by Gasteiger charge is -2.20. The topological polar surface area (TPSA) is 50.7 Å². The fourth-order valence-electron chi connectivity index (χ4n) is 2.86. The highest BCUT2D eigenvalue weighted by Gasteiger charge is 2.27. The summed E-state index contributed by atoms with van der Waals surface area (Å²) in [5.74, 6) is 2.34. The van der Waals surface area contributed by atoms with Gasteiger partial charge in [0.05, 0.1) is 11.7 Å². The number of anilines is 1. The molecule has 4 heteroatoms. The van der Waals surface area contributed by atoms with Gasteiger partial charge in [0.1, 0.15) is 11.6 Å². The molecule has 3 aromatic rings. The van der Waals surface area contributed by atoms with Gasteiger partial charge in [0.2, 0.25) is 0 Å². The number of nitrogens with zero attached hydrogens (tertiary/aromatic N) is 3. The Balaban J connectivity index is 1.69. The molecule has 1 N–H and O–H groups in total. The molecular weight excluding hydrogens is 296 g/mol. The number of aromatic nitrogens is 3. The van der Waals surface area contributed by atoms with E-state index in [9.17, 15) is 0 Å². The van der Waals surface area contributed by atoms with Gasteiger partial charge in [-0.3, -0.25) is 4.98 Å². The van der Waals surface area contributed by atoms with E-state index >= 15 is 0 Å². The van der Waals surface area contributed by atoms with Crippen molar-refractivity contribution in [1.29, 1.82) is 0 Å².